The van der Waals surface area contributed by atoms with Gasteiger partial charge in [-0.3, -0.25) is 0 Å². The highest BCUT2D eigenvalue weighted by atomic mass is 32.2. The van der Waals surface area contributed by atoms with Crippen LogP contribution in [0.2, 0.25) is 0 Å². The molecule has 0 saturated carbocycles. The summed E-state index contributed by atoms with van der Waals surface area (Å²) < 4.78 is 27.1. The van der Waals surface area contributed by atoms with Crippen molar-refractivity contribution in [2.45, 2.75) is 13.0 Å². The first-order valence-electron chi connectivity index (χ1n) is 5.03. The van der Waals surface area contributed by atoms with Crippen molar-refractivity contribution in [1.29, 1.82) is 0 Å². The van der Waals surface area contributed by atoms with Crippen molar-refractivity contribution in [2.24, 2.45) is 0 Å². The molecule has 0 aliphatic carbocycles. The van der Waals surface area contributed by atoms with Crippen molar-refractivity contribution in [2.75, 3.05) is 39.8 Å². The number of likely N-dealkylation sites (N-methyl/N-ethyl adjacent to an activating group) is 1. The van der Waals surface area contributed by atoms with E-state index >= 15 is 0 Å². The average Bonchev–Trinajstić information content (AvgIpc) is 2.16. The number of hydrogen-bond acceptors (Lipinski definition) is 4. The molecule has 1 rings (SSSR count). The van der Waals surface area contributed by atoms with Gasteiger partial charge < -0.3 is 10.0 Å². The molecule has 0 spiro atoms. The van der Waals surface area contributed by atoms with Gasteiger partial charge in [-0.05, 0) is 14.0 Å². The fourth-order valence-electron chi connectivity index (χ4n) is 1.35. The Balaban J connectivity index is 2.47. The monoisotopic (exact) mass is 237 g/mol. The van der Waals surface area contributed by atoms with E-state index in [0.29, 0.717) is 13.1 Å². The van der Waals surface area contributed by atoms with Crippen LogP contribution in [-0.4, -0.2) is 68.6 Å². The molecule has 1 saturated heterocycles. The number of nitrogens with one attached hydrogen (secondary N) is 1. The summed E-state index contributed by atoms with van der Waals surface area (Å²) in [5.41, 5.74) is 0. The van der Waals surface area contributed by atoms with E-state index in [-0.39, 0.29) is 6.54 Å². The van der Waals surface area contributed by atoms with Crippen LogP contribution >= 0.6 is 0 Å². The normalized spacial score (nSPS) is 22.9. The van der Waals surface area contributed by atoms with Gasteiger partial charge in [0.25, 0.3) is 10.2 Å². The number of rotatable bonds is 4. The van der Waals surface area contributed by atoms with Crippen molar-refractivity contribution in [3.63, 3.8) is 0 Å². The third-order valence-corrected chi connectivity index (χ3v) is 3.94. The van der Waals surface area contributed by atoms with Gasteiger partial charge in [-0.2, -0.15) is 17.4 Å². The van der Waals surface area contributed by atoms with Crippen LogP contribution in [0.15, 0.2) is 0 Å². The highest BCUT2D eigenvalue weighted by Crippen LogP contribution is 2.03. The minimum atomic E-state index is -3.41. The summed E-state index contributed by atoms with van der Waals surface area (Å²) in [6.07, 6.45) is -0.660. The Morgan fingerprint density at radius 3 is 2.33 bits per heavy atom. The Bertz CT molecular complexity index is 284. The lowest BCUT2D eigenvalue weighted by atomic mass is 10.4. The lowest BCUT2D eigenvalue weighted by molar-refractivity contribution is 0.194. The van der Waals surface area contributed by atoms with Crippen LogP contribution in [0.25, 0.3) is 0 Å². The molecule has 1 unspecified atom stereocenters. The molecule has 2 N–H and O–H groups in total. The molecule has 1 aliphatic rings. The Labute approximate surface area is 91.0 Å². The summed E-state index contributed by atoms with van der Waals surface area (Å²) in [7, 11) is -1.44. The second kappa shape index (κ2) is 5.22. The van der Waals surface area contributed by atoms with Crippen LogP contribution < -0.4 is 4.72 Å². The van der Waals surface area contributed by atoms with E-state index in [4.69, 9.17) is 5.11 Å². The largest absolute Gasteiger partial charge is 0.392 e. The van der Waals surface area contributed by atoms with E-state index < -0.39 is 16.3 Å². The third kappa shape index (κ3) is 4.04. The first kappa shape index (κ1) is 12.9. The van der Waals surface area contributed by atoms with Crippen molar-refractivity contribution < 1.29 is 13.5 Å². The molecular formula is C8H19N3O3S. The maximum Gasteiger partial charge on any atom is 0.279 e. The zero-order valence-electron chi connectivity index (χ0n) is 9.18. The summed E-state index contributed by atoms with van der Waals surface area (Å²) in [5, 5.41) is 9.00. The molecule has 0 aromatic carbocycles. The second-order valence-corrected chi connectivity index (χ2v) is 5.66. The summed E-state index contributed by atoms with van der Waals surface area (Å²) in [4.78, 5) is 2.08. The number of aliphatic hydroxyl groups is 1. The fourth-order valence-corrected chi connectivity index (χ4v) is 2.62. The molecule has 90 valence electrons. The Morgan fingerprint density at radius 1 is 1.33 bits per heavy atom. The van der Waals surface area contributed by atoms with E-state index in [1.54, 1.807) is 6.92 Å². The van der Waals surface area contributed by atoms with Gasteiger partial charge in [-0.15, -0.1) is 0 Å². The average molecular weight is 237 g/mol. The summed E-state index contributed by atoms with van der Waals surface area (Å²) >= 11 is 0. The molecule has 0 aromatic rings. The van der Waals surface area contributed by atoms with Gasteiger partial charge in [0.05, 0.1) is 6.10 Å². The van der Waals surface area contributed by atoms with E-state index in [0.717, 1.165) is 13.1 Å². The van der Waals surface area contributed by atoms with Crippen molar-refractivity contribution >= 4 is 10.2 Å². The number of aliphatic hydroxyl groups excluding tert-OH is 1. The summed E-state index contributed by atoms with van der Waals surface area (Å²) in [6.45, 7) is 4.11. The van der Waals surface area contributed by atoms with E-state index in [1.165, 1.54) is 4.31 Å². The van der Waals surface area contributed by atoms with Gasteiger partial charge in [-0.25, -0.2) is 0 Å². The lowest BCUT2D eigenvalue weighted by Crippen LogP contribution is -2.51. The van der Waals surface area contributed by atoms with Gasteiger partial charge in [0.15, 0.2) is 0 Å². The van der Waals surface area contributed by atoms with Gasteiger partial charge in [0.1, 0.15) is 0 Å². The minimum absolute atomic E-state index is 0.0642. The first-order valence-corrected chi connectivity index (χ1v) is 6.47. The zero-order valence-corrected chi connectivity index (χ0v) is 10.00. The Hall–Kier alpha value is -0.210. The van der Waals surface area contributed by atoms with Gasteiger partial charge in [0, 0.05) is 32.7 Å². The second-order valence-electron chi connectivity index (χ2n) is 3.90. The molecule has 6 nitrogen and oxygen atoms in total. The van der Waals surface area contributed by atoms with Crippen LogP contribution in [0.4, 0.5) is 0 Å². The van der Waals surface area contributed by atoms with Crippen molar-refractivity contribution in [3.05, 3.63) is 0 Å². The molecule has 0 radical (unpaired) electrons. The first-order chi connectivity index (χ1) is 6.92. The predicted octanol–water partition coefficient (Wildman–Crippen LogP) is -1.55. The number of piperazine rings is 1. The molecule has 0 aromatic heterocycles. The smallest absolute Gasteiger partial charge is 0.279 e. The molecule has 0 bridgehead atoms. The van der Waals surface area contributed by atoms with Crippen LogP contribution in [0.1, 0.15) is 6.92 Å². The van der Waals surface area contributed by atoms with Crippen LogP contribution in [0.3, 0.4) is 0 Å². The molecule has 7 heteroatoms. The molecule has 1 atom stereocenters. The third-order valence-electron chi connectivity index (χ3n) is 2.36. The fraction of sp³-hybridized carbons (Fsp3) is 1.00. The van der Waals surface area contributed by atoms with E-state index in [1.807, 2.05) is 7.05 Å². The summed E-state index contributed by atoms with van der Waals surface area (Å²) in [6, 6.07) is 0. The van der Waals surface area contributed by atoms with Crippen LogP contribution in [0.5, 0.6) is 0 Å². The molecule has 1 fully saturated rings. The number of nitrogens with zero attached hydrogens (tertiary/aromatic N) is 2. The molecule has 15 heavy (non-hydrogen) atoms. The summed E-state index contributed by atoms with van der Waals surface area (Å²) in [5.74, 6) is 0. The lowest BCUT2D eigenvalue weighted by Gasteiger charge is -2.31. The standard InChI is InChI=1S/C8H19N3O3S/c1-8(12)7-9-15(13,14)11-5-3-10(2)4-6-11/h8-9,12H,3-7H2,1-2H3. The van der Waals surface area contributed by atoms with Gasteiger partial charge in [0.2, 0.25) is 0 Å². The Kier molecular flexibility index (Phi) is 4.47. The van der Waals surface area contributed by atoms with E-state index in [2.05, 4.69) is 9.62 Å². The quantitative estimate of drug-likeness (QED) is 0.621. The highest BCUT2D eigenvalue weighted by Gasteiger charge is 2.25. The topological polar surface area (TPSA) is 72.9 Å². The van der Waals surface area contributed by atoms with Crippen LogP contribution in [0, 0.1) is 0 Å². The predicted molar refractivity (Wildman–Crippen MR) is 57.7 cm³/mol. The molecular weight excluding hydrogens is 218 g/mol. The van der Waals surface area contributed by atoms with Gasteiger partial charge >= 0.3 is 0 Å². The Morgan fingerprint density at radius 2 is 1.87 bits per heavy atom. The van der Waals surface area contributed by atoms with Crippen LogP contribution in [-0.2, 0) is 10.2 Å². The minimum Gasteiger partial charge on any atom is -0.392 e. The van der Waals surface area contributed by atoms with E-state index in [9.17, 15) is 8.42 Å². The molecule has 1 heterocycles. The number of hydrogen-bond donors (Lipinski definition) is 2. The van der Waals surface area contributed by atoms with Crippen molar-refractivity contribution in [3.8, 4) is 0 Å². The SMILES string of the molecule is CC(O)CNS(=O)(=O)N1CCN(C)CC1. The highest BCUT2D eigenvalue weighted by molar-refractivity contribution is 7.87. The maximum absolute atomic E-state index is 11.7. The molecule has 0 amide bonds. The zero-order chi connectivity index (χ0) is 11.5. The van der Waals surface area contributed by atoms with Crippen molar-refractivity contribution in [1.82, 2.24) is 13.9 Å². The molecule has 1 aliphatic heterocycles. The van der Waals surface area contributed by atoms with Gasteiger partial charge in [-0.1, -0.05) is 0 Å². The maximum atomic E-state index is 11.7.